The van der Waals surface area contributed by atoms with Crippen molar-refractivity contribution >= 4 is 5.91 Å². The number of amides is 1. The van der Waals surface area contributed by atoms with Crippen molar-refractivity contribution in [2.75, 3.05) is 7.11 Å². The fourth-order valence-corrected chi connectivity index (χ4v) is 1.10. The Bertz CT molecular complexity index is 417. The van der Waals surface area contributed by atoms with Gasteiger partial charge in [-0.1, -0.05) is 6.07 Å². The highest BCUT2D eigenvalue weighted by molar-refractivity contribution is 5.81. The van der Waals surface area contributed by atoms with Gasteiger partial charge < -0.3 is 10.1 Å². The maximum atomic E-state index is 13.1. The summed E-state index contributed by atoms with van der Waals surface area (Å²) in [6.45, 7) is -0.404. The van der Waals surface area contributed by atoms with E-state index >= 15 is 0 Å². The van der Waals surface area contributed by atoms with Crippen LogP contribution in [0.2, 0.25) is 0 Å². The monoisotopic (exact) mass is 251 g/mol. The largest absolute Gasteiger partial charge is 0.494 e. The molecule has 1 N–H and O–H groups in total. The van der Waals surface area contributed by atoms with Crippen LogP contribution in [0.5, 0.6) is 5.75 Å². The van der Waals surface area contributed by atoms with Gasteiger partial charge in [-0.3, -0.25) is 4.79 Å². The fraction of sp³-hybridized carbons (Fsp3) is 0.300. The van der Waals surface area contributed by atoms with Crippen molar-refractivity contribution in [1.82, 2.24) is 5.32 Å². The minimum absolute atomic E-state index is 0.0177. The van der Waals surface area contributed by atoms with Gasteiger partial charge in [0.1, 0.15) is 0 Å². The molecular formula is C10H9F4NO2. The number of carbonyl (C=O) groups is 1. The molecule has 1 aromatic rings. The van der Waals surface area contributed by atoms with E-state index in [2.05, 4.69) is 4.74 Å². The molecule has 0 aliphatic carbocycles. The Kier molecular flexibility index (Phi) is 3.93. The van der Waals surface area contributed by atoms with E-state index in [9.17, 15) is 22.4 Å². The van der Waals surface area contributed by atoms with E-state index in [1.54, 1.807) is 5.32 Å². The molecule has 0 aliphatic heterocycles. The third-order valence-corrected chi connectivity index (χ3v) is 1.93. The van der Waals surface area contributed by atoms with Crippen molar-refractivity contribution < 1.29 is 27.1 Å². The van der Waals surface area contributed by atoms with Gasteiger partial charge in [0.15, 0.2) is 11.6 Å². The van der Waals surface area contributed by atoms with Gasteiger partial charge in [-0.05, 0) is 17.7 Å². The van der Waals surface area contributed by atoms with Gasteiger partial charge in [0.2, 0.25) is 0 Å². The molecule has 1 rings (SSSR count). The summed E-state index contributed by atoms with van der Waals surface area (Å²) in [5.41, 5.74) is 0.209. The van der Waals surface area contributed by atoms with Crippen LogP contribution < -0.4 is 10.1 Å². The van der Waals surface area contributed by atoms with E-state index in [-0.39, 0.29) is 11.3 Å². The molecule has 0 saturated carbocycles. The van der Waals surface area contributed by atoms with Crippen molar-refractivity contribution in [3.05, 3.63) is 29.6 Å². The number of benzene rings is 1. The third kappa shape index (κ3) is 3.61. The van der Waals surface area contributed by atoms with Crippen molar-refractivity contribution in [2.24, 2.45) is 0 Å². The van der Waals surface area contributed by atoms with E-state index in [0.717, 1.165) is 6.07 Å². The number of methoxy groups -OCH3 is 1. The second kappa shape index (κ2) is 5.03. The van der Waals surface area contributed by atoms with Crippen LogP contribution in [0.1, 0.15) is 5.56 Å². The summed E-state index contributed by atoms with van der Waals surface area (Å²) in [6, 6.07) is 3.62. The number of hydrogen-bond donors (Lipinski definition) is 1. The number of halogens is 4. The number of ether oxygens (including phenoxy) is 1. The zero-order valence-corrected chi connectivity index (χ0v) is 8.77. The normalized spacial score (nSPS) is 11.1. The van der Waals surface area contributed by atoms with Crippen LogP contribution in [-0.2, 0) is 11.3 Å². The van der Waals surface area contributed by atoms with Crippen LogP contribution in [0.25, 0.3) is 0 Å². The lowest BCUT2D eigenvalue weighted by molar-refractivity contribution is -0.173. The van der Waals surface area contributed by atoms with Crippen molar-refractivity contribution in [2.45, 2.75) is 12.7 Å². The molecule has 0 atom stereocenters. The van der Waals surface area contributed by atoms with E-state index in [4.69, 9.17) is 0 Å². The molecule has 1 amide bonds. The van der Waals surface area contributed by atoms with Crippen molar-refractivity contribution in [3.8, 4) is 5.75 Å². The minimum Gasteiger partial charge on any atom is -0.494 e. The van der Waals surface area contributed by atoms with E-state index in [1.807, 2.05) is 0 Å². The molecule has 0 aromatic heterocycles. The van der Waals surface area contributed by atoms with Crippen LogP contribution in [0, 0.1) is 5.82 Å². The van der Waals surface area contributed by atoms with Crippen LogP contribution in [-0.4, -0.2) is 19.2 Å². The highest BCUT2D eigenvalue weighted by atomic mass is 19.4. The fourth-order valence-electron chi connectivity index (χ4n) is 1.10. The van der Waals surface area contributed by atoms with E-state index in [0.29, 0.717) is 0 Å². The molecule has 94 valence electrons. The Hall–Kier alpha value is -1.79. The smallest absolute Gasteiger partial charge is 0.471 e. The number of alkyl halides is 3. The first-order valence-electron chi connectivity index (χ1n) is 4.52. The number of rotatable bonds is 3. The number of hydrogen-bond acceptors (Lipinski definition) is 2. The van der Waals surface area contributed by atoms with E-state index < -0.39 is 24.4 Å². The predicted octanol–water partition coefficient (Wildman–Crippen LogP) is 2.01. The molecule has 17 heavy (non-hydrogen) atoms. The van der Waals surface area contributed by atoms with Crippen LogP contribution in [0.3, 0.4) is 0 Å². The summed E-state index contributed by atoms with van der Waals surface area (Å²) in [7, 11) is 1.27. The molecule has 0 radical (unpaired) electrons. The Labute approximate surface area is 94.4 Å². The molecule has 1 aromatic carbocycles. The molecule has 0 unspecified atom stereocenters. The average Bonchev–Trinajstić information content (AvgIpc) is 2.24. The molecular weight excluding hydrogens is 242 g/mol. The van der Waals surface area contributed by atoms with Crippen molar-refractivity contribution in [1.29, 1.82) is 0 Å². The molecule has 0 aliphatic rings. The van der Waals surface area contributed by atoms with Gasteiger partial charge in [-0.25, -0.2) is 4.39 Å². The Morgan fingerprint density at radius 1 is 1.41 bits per heavy atom. The highest BCUT2D eigenvalue weighted by Crippen LogP contribution is 2.18. The number of nitrogens with one attached hydrogen (secondary N) is 1. The molecule has 0 spiro atoms. The average molecular weight is 251 g/mol. The first-order chi connectivity index (χ1) is 7.84. The Morgan fingerprint density at radius 3 is 2.53 bits per heavy atom. The van der Waals surface area contributed by atoms with Gasteiger partial charge in [0.25, 0.3) is 0 Å². The molecule has 0 fully saturated rings. The van der Waals surface area contributed by atoms with Gasteiger partial charge >= 0.3 is 12.1 Å². The second-order valence-corrected chi connectivity index (χ2v) is 3.15. The Balaban J connectivity index is 2.65. The van der Waals surface area contributed by atoms with Crippen molar-refractivity contribution in [3.63, 3.8) is 0 Å². The summed E-state index contributed by atoms with van der Waals surface area (Å²) in [4.78, 5) is 10.5. The third-order valence-electron chi connectivity index (χ3n) is 1.93. The van der Waals surface area contributed by atoms with Gasteiger partial charge in [-0.2, -0.15) is 13.2 Å². The van der Waals surface area contributed by atoms with Crippen LogP contribution in [0.4, 0.5) is 17.6 Å². The maximum Gasteiger partial charge on any atom is 0.471 e. The van der Waals surface area contributed by atoms with Crippen LogP contribution >= 0.6 is 0 Å². The molecule has 3 nitrogen and oxygen atoms in total. The molecule has 0 heterocycles. The zero-order valence-electron chi connectivity index (χ0n) is 8.77. The van der Waals surface area contributed by atoms with Gasteiger partial charge in [0, 0.05) is 6.54 Å². The SMILES string of the molecule is COc1ccc(CNC(=O)C(F)(F)F)cc1F. The Morgan fingerprint density at radius 2 is 2.06 bits per heavy atom. The second-order valence-electron chi connectivity index (χ2n) is 3.15. The molecule has 0 bridgehead atoms. The summed E-state index contributed by atoms with van der Waals surface area (Å²) in [5, 5.41) is 1.63. The maximum absolute atomic E-state index is 13.1. The van der Waals surface area contributed by atoms with Gasteiger partial charge in [0.05, 0.1) is 7.11 Å². The molecule has 0 saturated heterocycles. The number of carbonyl (C=O) groups excluding carboxylic acids is 1. The standard InChI is InChI=1S/C10H9F4NO2/c1-17-8-3-2-6(4-7(8)11)5-15-9(16)10(12,13)14/h2-4H,5H2,1H3,(H,15,16). The first-order valence-corrected chi connectivity index (χ1v) is 4.52. The topological polar surface area (TPSA) is 38.3 Å². The lowest BCUT2D eigenvalue weighted by Gasteiger charge is -2.08. The zero-order chi connectivity index (χ0) is 13.1. The lowest BCUT2D eigenvalue weighted by atomic mass is 10.2. The quantitative estimate of drug-likeness (QED) is 0.834. The van der Waals surface area contributed by atoms with Crippen LogP contribution in [0.15, 0.2) is 18.2 Å². The summed E-state index contributed by atoms with van der Waals surface area (Å²) in [6.07, 6.45) is -4.94. The van der Waals surface area contributed by atoms with E-state index in [1.165, 1.54) is 19.2 Å². The summed E-state index contributed by atoms with van der Waals surface area (Å²) in [5.74, 6) is -2.78. The summed E-state index contributed by atoms with van der Waals surface area (Å²) >= 11 is 0. The lowest BCUT2D eigenvalue weighted by Crippen LogP contribution is -2.36. The predicted molar refractivity (Wildman–Crippen MR) is 50.9 cm³/mol. The minimum atomic E-state index is -4.94. The molecule has 7 heteroatoms. The summed E-state index contributed by atoms with van der Waals surface area (Å²) < 4.78 is 53.3. The first kappa shape index (κ1) is 13.3. The van der Waals surface area contributed by atoms with Gasteiger partial charge in [-0.15, -0.1) is 0 Å². The highest BCUT2D eigenvalue weighted by Gasteiger charge is 2.38.